The molecule has 0 unspecified atom stereocenters. The zero-order valence-electron chi connectivity index (χ0n) is 11.0. The molecule has 1 amide bonds. The van der Waals surface area contributed by atoms with Gasteiger partial charge >= 0.3 is 5.69 Å². The zero-order valence-corrected chi connectivity index (χ0v) is 11.0. The monoisotopic (exact) mass is 262 g/mol. The lowest BCUT2D eigenvalue weighted by atomic mass is 9.89. The molecule has 6 heteroatoms. The summed E-state index contributed by atoms with van der Waals surface area (Å²) in [6, 6.07) is 5.22. The van der Waals surface area contributed by atoms with E-state index in [9.17, 15) is 9.59 Å². The van der Waals surface area contributed by atoms with Crippen LogP contribution in [0.3, 0.4) is 0 Å². The van der Waals surface area contributed by atoms with Gasteiger partial charge in [0.2, 0.25) is 5.91 Å². The summed E-state index contributed by atoms with van der Waals surface area (Å²) < 4.78 is 0. The number of hydrogen-bond donors (Lipinski definition) is 4. The van der Waals surface area contributed by atoms with Gasteiger partial charge in [-0.25, -0.2) is 4.79 Å². The van der Waals surface area contributed by atoms with Gasteiger partial charge in [0, 0.05) is 12.1 Å². The summed E-state index contributed by atoms with van der Waals surface area (Å²) in [6.07, 6.45) is 0.352. The van der Waals surface area contributed by atoms with Crippen molar-refractivity contribution in [2.45, 2.75) is 20.3 Å². The van der Waals surface area contributed by atoms with E-state index in [0.717, 1.165) is 0 Å². The fourth-order valence-electron chi connectivity index (χ4n) is 1.82. The first kappa shape index (κ1) is 13.4. The van der Waals surface area contributed by atoms with Crippen LogP contribution in [0.4, 0.5) is 5.69 Å². The number of carbonyl (C=O) groups is 1. The molecule has 0 aliphatic heterocycles. The van der Waals surface area contributed by atoms with Crippen LogP contribution in [0.2, 0.25) is 0 Å². The number of aromatic amines is 2. The summed E-state index contributed by atoms with van der Waals surface area (Å²) >= 11 is 0. The fraction of sp³-hybridized carbons (Fsp3) is 0.385. The van der Waals surface area contributed by atoms with E-state index >= 15 is 0 Å². The number of fused-ring (bicyclic) bond motifs is 1. The van der Waals surface area contributed by atoms with E-state index in [1.165, 1.54) is 0 Å². The van der Waals surface area contributed by atoms with E-state index in [0.29, 0.717) is 29.7 Å². The number of rotatable bonds is 4. The Hall–Kier alpha value is -2.08. The quantitative estimate of drug-likeness (QED) is 0.664. The van der Waals surface area contributed by atoms with Crippen molar-refractivity contribution in [3.8, 4) is 0 Å². The third kappa shape index (κ3) is 3.23. The van der Waals surface area contributed by atoms with Crippen LogP contribution in [-0.2, 0) is 4.79 Å². The van der Waals surface area contributed by atoms with Gasteiger partial charge in [0.15, 0.2) is 0 Å². The fourth-order valence-corrected chi connectivity index (χ4v) is 1.82. The Morgan fingerprint density at radius 3 is 2.68 bits per heavy atom. The smallest absolute Gasteiger partial charge is 0.323 e. The van der Waals surface area contributed by atoms with Crippen molar-refractivity contribution < 1.29 is 4.79 Å². The van der Waals surface area contributed by atoms with Crippen LogP contribution in [0, 0.1) is 5.41 Å². The standard InChI is InChI=1S/C13H18N4O2/c1-13(2,7-14)6-11(18)15-8-3-4-9-10(5-8)17-12(19)16-9/h3-5H,6-7,14H2,1-2H3,(H,15,18)(H2,16,17,19). The number of carbonyl (C=O) groups excluding carboxylic acids is 1. The number of amides is 1. The second-order valence-electron chi connectivity index (χ2n) is 5.43. The van der Waals surface area contributed by atoms with Gasteiger partial charge < -0.3 is 21.0 Å². The van der Waals surface area contributed by atoms with E-state index in [1.54, 1.807) is 18.2 Å². The van der Waals surface area contributed by atoms with Crippen molar-refractivity contribution in [3.05, 3.63) is 28.7 Å². The summed E-state index contributed by atoms with van der Waals surface area (Å²) in [7, 11) is 0. The van der Waals surface area contributed by atoms with Crippen molar-refractivity contribution in [2.75, 3.05) is 11.9 Å². The van der Waals surface area contributed by atoms with Gasteiger partial charge in [-0.05, 0) is 30.2 Å². The number of hydrogen-bond acceptors (Lipinski definition) is 3. The summed E-state index contributed by atoms with van der Waals surface area (Å²) in [5.41, 5.74) is 7.15. The van der Waals surface area contributed by atoms with E-state index < -0.39 is 0 Å². The molecule has 1 aromatic heterocycles. The minimum atomic E-state index is -0.261. The summed E-state index contributed by atoms with van der Waals surface area (Å²) in [5.74, 6) is -0.0901. The van der Waals surface area contributed by atoms with Crippen molar-refractivity contribution in [1.29, 1.82) is 0 Å². The molecule has 19 heavy (non-hydrogen) atoms. The Kier molecular flexibility index (Phi) is 3.44. The Labute approximate surface area is 110 Å². The van der Waals surface area contributed by atoms with Gasteiger partial charge in [0.05, 0.1) is 11.0 Å². The third-order valence-corrected chi connectivity index (χ3v) is 2.99. The summed E-state index contributed by atoms with van der Waals surface area (Å²) in [4.78, 5) is 28.3. The number of imidazole rings is 1. The molecule has 2 aromatic rings. The highest BCUT2D eigenvalue weighted by molar-refractivity contribution is 5.93. The minimum Gasteiger partial charge on any atom is -0.330 e. The molecule has 102 valence electrons. The Morgan fingerprint density at radius 1 is 1.32 bits per heavy atom. The van der Waals surface area contributed by atoms with Crippen LogP contribution in [0.5, 0.6) is 0 Å². The van der Waals surface area contributed by atoms with E-state index in [-0.39, 0.29) is 17.0 Å². The highest BCUT2D eigenvalue weighted by Crippen LogP contribution is 2.20. The number of nitrogens with one attached hydrogen (secondary N) is 3. The Bertz CT molecular complexity index is 654. The lowest BCUT2D eigenvalue weighted by Gasteiger charge is -2.21. The second kappa shape index (κ2) is 4.89. The van der Waals surface area contributed by atoms with E-state index in [4.69, 9.17) is 5.73 Å². The normalized spacial score (nSPS) is 11.7. The van der Waals surface area contributed by atoms with Crippen LogP contribution in [-0.4, -0.2) is 22.4 Å². The number of H-pyrrole nitrogens is 2. The molecule has 2 rings (SSSR count). The molecular weight excluding hydrogens is 244 g/mol. The first-order valence-corrected chi connectivity index (χ1v) is 6.12. The lowest BCUT2D eigenvalue weighted by molar-refractivity contribution is -0.117. The summed E-state index contributed by atoms with van der Waals surface area (Å²) in [6.45, 7) is 4.34. The van der Waals surface area contributed by atoms with Gasteiger partial charge in [0.1, 0.15) is 0 Å². The van der Waals surface area contributed by atoms with Crippen LogP contribution in [0.25, 0.3) is 11.0 Å². The molecule has 0 spiro atoms. The van der Waals surface area contributed by atoms with E-state index in [2.05, 4.69) is 15.3 Å². The number of anilines is 1. The highest BCUT2D eigenvalue weighted by Gasteiger charge is 2.20. The van der Waals surface area contributed by atoms with Crippen molar-refractivity contribution >= 4 is 22.6 Å². The first-order valence-electron chi connectivity index (χ1n) is 6.12. The maximum absolute atomic E-state index is 11.9. The van der Waals surface area contributed by atoms with Crippen LogP contribution >= 0.6 is 0 Å². The van der Waals surface area contributed by atoms with Crippen molar-refractivity contribution in [3.63, 3.8) is 0 Å². The molecule has 0 aliphatic rings. The average molecular weight is 262 g/mol. The second-order valence-corrected chi connectivity index (χ2v) is 5.43. The number of benzene rings is 1. The molecule has 1 aromatic carbocycles. The van der Waals surface area contributed by atoms with Gasteiger partial charge in [-0.1, -0.05) is 13.8 Å². The maximum atomic E-state index is 11.9. The molecule has 0 aliphatic carbocycles. The first-order chi connectivity index (χ1) is 8.89. The van der Waals surface area contributed by atoms with E-state index in [1.807, 2.05) is 13.8 Å². The molecule has 0 radical (unpaired) electrons. The van der Waals surface area contributed by atoms with Gasteiger partial charge in [-0.15, -0.1) is 0 Å². The van der Waals surface area contributed by atoms with Gasteiger partial charge in [-0.2, -0.15) is 0 Å². The third-order valence-electron chi connectivity index (χ3n) is 2.99. The van der Waals surface area contributed by atoms with Crippen molar-refractivity contribution in [2.24, 2.45) is 11.1 Å². The molecule has 0 bridgehead atoms. The van der Waals surface area contributed by atoms with Crippen LogP contribution in [0.15, 0.2) is 23.0 Å². The molecule has 0 fully saturated rings. The van der Waals surface area contributed by atoms with Crippen molar-refractivity contribution in [1.82, 2.24) is 9.97 Å². The largest absolute Gasteiger partial charge is 0.330 e. The summed E-state index contributed by atoms with van der Waals surface area (Å²) in [5, 5.41) is 2.80. The molecule has 0 saturated carbocycles. The SMILES string of the molecule is CC(C)(CN)CC(=O)Nc1ccc2[nH]c(=O)[nH]c2c1. The Balaban J connectivity index is 2.12. The number of aromatic nitrogens is 2. The average Bonchev–Trinajstić information content (AvgIpc) is 2.67. The predicted octanol–water partition coefficient (Wildman–Crippen LogP) is 1.17. The molecular formula is C13H18N4O2. The molecule has 6 nitrogen and oxygen atoms in total. The molecule has 0 saturated heterocycles. The van der Waals surface area contributed by atoms with Gasteiger partial charge in [-0.3, -0.25) is 4.79 Å². The molecule has 1 heterocycles. The van der Waals surface area contributed by atoms with Crippen LogP contribution in [0.1, 0.15) is 20.3 Å². The number of nitrogens with two attached hydrogens (primary N) is 1. The molecule has 0 atom stereocenters. The Morgan fingerprint density at radius 2 is 2.00 bits per heavy atom. The van der Waals surface area contributed by atoms with Gasteiger partial charge in [0.25, 0.3) is 0 Å². The van der Waals surface area contributed by atoms with Crippen LogP contribution < -0.4 is 16.7 Å². The highest BCUT2D eigenvalue weighted by atomic mass is 16.1. The maximum Gasteiger partial charge on any atom is 0.323 e. The minimum absolute atomic E-state index is 0.0901. The predicted molar refractivity (Wildman–Crippen MR) is 75.0 cm³/mol. The zero-order chi connectivity index (χ0) is 14.0. The molecule has 5 N–H and O–H groups in total. The lowest BCUT2D eigenvalue weighted by Crippen LogP contribution is -2.29. The topological polar surface area (TPSA) is 104 Å².